The molecule has 0 aliphatic rings. The monoisotopic (exact) mass is 224 g/mol. The maximum absolute atomic E-state index is 11.4. The SMILES string of the molecule is C=C/C=C\C(=C/C)CNC(=O)C(N)COC. The Bertz CT molecular complexity index is 283. The Morgan fingerprint density at radius 3 is 2.81 bits per heavy atom. The highest BCUT2D eigenvalue weighted by Gasteiger charge is 2.11. The van der Waals surface area contributed by atoms with Crippen LogP contribution in [0.15, 0.2) is 36.5 Å². The Morgan fingerprint density at radius 1 is 1.62 bits per heavy atom. The lowest BCUT2D eigenvalue weighted by molar-refractivity contribution is -0.123. The molecule has 1 amide bonds. The number of methoxy groups -OCH3 is 1. The molecule has 4 nitrogen and oxygen atoms in total. The van der Waals surface area contributed by atoms with Crippen LogP contribution in [0.2, 0.25) is 0 Å². The second-order valence-corrected chi connectivity index (χ2v) is 3.24. The predicted molar refractivity (Wildman–Crippen MR) is 66.0 cm³/mol. The van der Waals surface area contributed by atoms with Gasteiger partial charge >= 0.3 is 0 Å². The van der Waals surface area contributed by atoms with Crippen molar-refractivity contribution in [2.75, 3.05) is 20.3 Å². The minimum absolute atomic E-state index is 0.215. The first-order valence-corrected chi connectivity index (χ1v) is 5.12. The molecule has 0 aromatic rings. The molecule has 0 aliphatic heterocycles. The van der Waals surface area contributed by atoms with Gasteiger partial charge in [-0.1, -0.05) is 30.9 Å². The molecule has 0 fully saturated rings. The highest BCUT2D eigenvalue weighted by Crippen LogP contribution is 1.95. The van der Waals surface area contributed by atoms with Crippen molar-refractivity contribution in [2.24, 2.45) is 5.73 Å². The standard InChI is InChI=1S/C12H20N2O2/c1-4-6-7-10(5-2)8-14-12(15)11(13)9-16-3/h4-7,11H,1,8-9,13H2,2-3H3,(H,14,15)/b7-6-,10-5+. The Labute approximate surface area is 96.8 Å². The number of hydrogen-bond donors (Lipinski definition) is 2. The molecular weight excluding hydrogens is 204 g/mol. The Morgan fingerprint density at radius 2 is 2.31 bits per heavy atom. The summed E-state index contributed by atoms with van der Waals surface area (Å²) in [6.07, 6.45) is 7.30. The van der Waals surface area contributed by atoms with E-state index in [2.05, 4.69) is 11.9 Å². The van der Waals surface area contributed by atoms with Gasteiger partial charge < -0.3 is 15.8 Å². The summed E-state index contributed by atoms with van der Waals surface area (Å²) in [5, 5.41) is 2.73. The van der Waals surface area contributed by atoms with Gasteiger partial charge in [-0.25, -0.2) is 0 Å². The summed E-state index contributed by atoms with van der Waals surface area (Å²) in [6.45, 7) is 6.16. The zero-order valence-corrected chi connectivity index (χ0v) is 9.90. The lowest BCUT2D eigenvalue weighted by Gasteiger charge is -2.11. The first-order valence-electron chi connectivity index (χ1n) is 5.12. The van der Waals surface area contributed by atoms with Crippen LogP contribution >= 0.6 is 0 Å². The van der Waals surface area contributed by atoms with Crippen LogP contribution < -0.4 is 11.1 Å². The zero-order valence-electron chi connectivity index (χ0n) is 9.90. The maximum atomic E-state index is 11.4. The molecule has 0 spiro atoms. The molecule has 0 heterocycles. The Hall–Kier alpha value is -1.39. The number of ether oxygens (including phenoxy) is 1. The summed E-state index contributed by atoms with van der Waals surface area (Å²) >= 11 is 0. The van der Waals surface area contributed by atoms with Gasteiger partial charge in [0.05, 0.1) is 6.61 Å². The maximum Gasteiger partial charge on any atom is 0.239 e. The van der Waals surface area contributed by atoms with Gasteiger partial charge in [-0.3, -0.25) is 4.79 Å². The molecular formula is C12H20N2O2. The fourth-order valence-corrected chi connectivity index (χ4v) is 1.02. The number of rotatable bonds is 7. The molecule has 90 valence electrons. The number of carbonyl (C=O) groups excluding carboxylic acids is 1. The van der Waals surface area contributed by atoms with Gasteiger partial charge in [0.2, 0.25) is 5.91 Å². The van der Waals surface area contributed by atoms with E-state index in [4.69, 9.17) is 10.5 Å². The van der Waals surface area contributed by atoms with Crippen molar-refractivity contribution in [1.29, 1.82) is 0 Å². The molecule has 1 atom stereocenters. The van der Waals surface area contributed by atoms with E-state index >= 15 is 0 Å². The molecule has 0 rings (SSSR count). The van der Waals surface area contributed by atoms with E-state index in [-0.39, 0.29) is 12.5 Å². The molecule has 0 saturated heterocycles. The van der Waals surface area contributed by atoms with Crippen LogP contribution in [-0.4, -0.2) is 32.2 Å². The summed E-state index contributed by atoms with van der Waals surface area (Å²) in [5.74, 6) is -0.215. The molecule has 0 radical (unpaired) electrons. The van der Waals surface area contributed by atoms with Gasteiger partial charge in [-0.15, -0.1) is 0 Å². The second kappa shape index (κ2) is 8.88. The Balaban J connectivity index is 4.07. The normalized spacial score (nSPS) is 13.8. The third-order valence-electron chi connectivity index (χ3n) is 1.97. The van der Waals surface area contributed by atoms with Gasteiger partial charge in [-0.2, -0.15) is 0 Å². The van der Waals surface area contributed by atoms with Crippen LogP contribution in [0, 0.1) is 0 Å². The molecule has 1 unspecified atom stereocenters. The number of nitrogens with two attached hydrogens (primary N) is 1. The third kappa shape index (κ3) is 6.16. The number of nitrogens with one attached hydrogen (secondary N) is 1. The summed E-state index contributed by atoms with van der Waals surface area (Å²) in [6, 6.07) is -0.619. The van der Waals surface area contributed by atoms with E-state index in [9.17, 15) is 4.79 Å². The average molecular weight is 224 g/mol. The number of allylic oxidation sites excluding steroid dienone is 3. The smallest absolute Gasteiger partial charge is 0.239 e. The second-order valence-electron chi connectivity index (χ2n) is 3.24. The summed E-state index contributed by atoms with van der Waals surface area (Å²) in [4.78, 5) is 11.4. The summed E-state index contributed by atoms with van der Waals surface area (Å²) < 4.78 is 4.80. The fourth-order valence-electron chi connectivity index (χ4n) is 1.02. The topological polar surface area (TPSA) is 64.4 Å². The molecule has 0 aliphatic carbocycles. The van der Waals surface area contributed by atoms with Gasteiger partial charge in [0, 0.05) is 13.7 Å². The van der Waals surface area contributed by atoms with Crippen LogP contribution in [0.5, 0.6) is 0 Å². The molecule has 16 heavy (non-hydrogen) atoms. The van der Waals surface area contributed by atoms with E-state index in [1.165, 1.54) is 7.11 Å². The van der Waals surface area contributed by atoms with Crippen LogP contribution in [0.1, 0.15) is 6.92 Å². The molecule has 0 bridgehead atoms. The van der Waals surface area contributed by atoms with Crippen molar-refractivity contribution in [1.82, 2.24) is 5.32 Å². The number of carbonyl (C=O) groups is 1. The van der Waals surface area contributed by atoms with Gasteiger partial charge in [0.25, 0.3) is 0 Å². The van der Waals surface area contributed by atoms with Gasteiger partial charge in [-0.05, 0) is 12.5 Å². The lowest BCUT2D eigenvalue weighted by Crippen LogP contribution is -2.43. The van der Waals surface area contributed by atoms with E-state index in [0.717, 1.165) is 5.57 Å². The fraction of sp³-hybridized carbons (Fsp3) is 0.417. The van der Waals surface area contributed by atoms with Crippen LogP contribution in [0.4, 0.5) is 0 Å². The molecule has 3 N–H and O–H groups in total. The predicted octanol–water partition coefficient (Wildman–Crippen LogP) is 0.765. The van der Waals surface area contributed by atoms with E-state index < -0.39 is 6.04 Å². The van der Waals surface area contributed by atoms with Crippen LogP contribution in [-0.2, 0) is 9.53 Å². The quantitative estimate of drug-likeness (QED) is 0.628. The number of hydrogen-bond acceptors (Lipinski definition) is 3. The van der Waals surface area contributed by atoms with E-state index in [1.54, 1.807) is 6.08 Å². The van der Waals surface area contributed by atoms with Crippen LogP contribution in [0.25, 0.3) is 0 Å². The molecule has 0 saturated carbocycles. The highest BCUT2D eigenvalue weighted by molar-refractivity contribution is 5.81. The minimum Gasteiger partial charge on any atom is -0.383 e. The molecule has 0 aromatic carbocycles. The first kappa shape index (κ1) is 14.6. The minimum atomic E-state index is -0.619. The molecule has 4 heteroatoms. The van der Waals surface area contributed by atoms with Crippen molar-refractivity contribution in [3.63, 3.8) is 0 Å². The van der Waals surface area contributed by atoms with Gasteiger partial charge in [0.1, 0.15) is 6.04 Å². The van der Waals surface area contributed by atoms with Gasteiger partial charge in [0.15, 0.2) is 0 Å². The lowest BCUT2D eigenvalue weighted by atomic mass is 10.2. The highest BCUT2D eigenvalue weighted by atomic mass is 16.5. The van der Waals surface area contributed by atoms with Crippen molar-refractivity contribution in [3.8, 4) is 0 Å². The van der Waals surface area contributed by atoms with Crippen molar-refractivity contribution in [3.05, 3.63) is 36.5 Å². The first-order chi connectivity index (χ1) is 7.65. The largest absolute Gasteiger partial charge is 0.383 e. The Kier molecular flexibility index (Phi) is 8.11. The average Bonchev–Trinajstić information content (AvgIpc) is 2.29. The van der Waals surface area contributed by atoms with Crippen molar-refractivity contribution >= 4 is 5.91 Å². The zero-order chi connectivity index (χ0) is 12.4. The van der Waals surface area contributed by atoms with E-state index in [0.29, 0.717) is 6.54 Å². The molecule has 0 aromatic heterocycles. The third-order valence-corrected chi connectivity index (χ3v) is 1.97. The number of amides is 1. The van der Waals surface area contributed by atoms with Crippen molar-refractivity contribution in [2.45, 2.75) is 13.0 Å². The van der Waals surface area contributed by atoms with Crippen molar-refractivity contribution < 1.29 is 9.53 Å². The summed E-state index contributed by atoms with van der Waals surface area (Å²) in [7, 11) is 1.51. The van der Waals surface area contributed by atoms with E-state index in [1.807, 2.05) is 25.2 Å². The summed E-state index contributed by atoms with van der Waals surface area (Å²) in [5.41, 5.74) is 6.56. The van der Waals surface area contributed by atoms with Crippen LogP contribution in [0.3, 0.4) is 0 Å².